The minimum Gasteiger partial charge on any atom is -0.325 e. The van der Waals surface area contributed by atoms with E-state index >= 15 is 0 Å². The average molecular weight is 169 g/mol. The summed E-state index contributed by atoms with van der Waals surface area (Å²) in [6.07, 6.45) is 2.80. The van der Waals surface area contributed by atoms with Crippen LogP contribution in [0.2, 0.25) is 0 Å². The summed E-state index contributed by atoms with van der Waals surface area (Å²) < 4.78 is 0. The van der Waals surface area contributed by atoms with Gasteiger partial charge in [0, 0.05) is 38.3 Å². The highest BCUT2D eigenvalue weighted by atomic mass is 15.3. The quantitative estimate of drug-likeness (QED) is 0.586. The van der Waals surface area contributed by atoms with Gasteiger partial charge in [0.25, 0.3) is 0 Å². The zero-order valence-corrected chi connectivity index (χ0v) is 7.87. The third kappa shape index (κ3) is 1.97. The van der Waals surface area contributed by atoms with Crippen molar-refractivity contribution in [1.82, 2.24) is 9.80 Å². The first kappa shape index (κ1) is 8.48. The molecule has 12 heavy (non-hydrogen) atoms. The van der Waals surface area contributed by atoms with Crippen LogP contribution in [0.15, 0.2) is 0 Å². The third-order valence-corrected chi connectivity index (χ3v) is 2.85. The van der Waals surface area contributed by atoms with Crippen LogP contribution >= 0.6 is 0 Å². The van der Waals surface area contributed by atoms with Crippen LogP contribution in [0.25, 0.3) is 0 Å². The van der Waals surface area contributed by atoms with Crippen molar-refractivity contribution in [3.8, 4) is 0 Å². The number of nitrogens with zero attached hydrogens (tertiary/aromatic N) is 2. The number of likely N-dealkylation sites (N-methyl/N-ethyl adjacent to an activating group) is 1. The molecule has 1 heterocycles. The van der Waals surface area contributed by atoms with Crippen molar-refractivity contribution in [1.29, 1.82) is 0 Å². The van der Waals surface area contributed by atoms with Crippen LogP contribution in [0.1, 0.15) is 12.8 Å². The fraction of sp³-hybridized carbons (Fsp3) is 1.00. The van der Waals surface area contributed by atoms with E-state index in [1.807, 2.05) is 0 Å². The Bertz CT molecular complexity index is 156. The molecule has 0 spiro atoms. The molecule has 70 valence electrons. The predicted octanol–water partition coefficient (Wildman–Crippen LogP) is -0.276. The average Bonchev–Trinajstić information content (AvgIpc) is 2.76. The summed E-state index contributed by atoms with van der Waals surface area (Å²) in [6.45, 7) is 4.57. The zero-order chi connectivity index (χ0) is 8.55. The van der Waals surface area contributed by atoms with E-state index in [1.54, 1.807) is 0 Å². The molecule has 2 fully saturated rings. The molecule has 0 aromatic carbocycles. The molecule has 1 saturated carbocycles. The highest BCUT2D eigenvalue weighted by Gasteiger charge is 2.31. The molecule has 0 bridgehead atoms. The summed E-state index contributed by atoms with van der Waals surface area (Å²) >= 11 is 0. The lowest BCUT2D eigenvalue weighted by molar-refractivity contribution is 0.263. The summed E-state index contributed by atoms with van der Waals surface area (Å²) in [5.41, 5.74) is 6.00. The Labute approximate surface area is 74.5 Å². The molecule has 1 unspecified atom stereocenters. The predicted molar refractivity (Wildman–Crippen MR) is 50.1 cm³/mol. The molecule has 1 aliphatic carbocycles. The van der Waals surface area contributed by atoms with Gasteiger partial charge < -0.3 is 10.6 Å². The van der Waals surface area contributed by atoms with Crippen molar-refractivity contribution in [2.24, 2.45) is 5.73 Å². The van der Waals surface area contributed by atoms with Crippen LogP contribution in [0, 0.1) is 0 Å². The van der Waals surface area contributed by atoms with E-state index in [-0.39, 0.29) is 0 Å². The Morgan fingerprint density at radius 1 is 1.17 bits per heavy atom. The van der Waals surface area contributed by atoms with Crippen molar-refractivity contribution >= 4 is 0 Å². The van der Waals surface area contributed by atoms with Crippen LogP contribution in [0.5, 0.6) is 0 Å². The van der Waals surface area contributed by atoms with Gasteiger partial charge in [-0.25, -0.2) is 0 Å². The molecular formula is C9H19N3. The molecule has 3 heteroatoms. The van der Waals surface area contributed by atoms with Crippen molar-refractivity contribution in [3.63, 3.8) is 0 Å². The second kappa shape index (κ2) is 3.32. The van der Waals surface area contributed by atoms with Gasteiger partial charge in [-0.15, -0.1) is 0 Å². The summed E-state index contributed by atoms with van der Waals surface area (Å²) in [4.78, 5) is 4.90. The molecule has 0 aromatic rings. The standard InChI is InChI=1S/C9H19N3/c1-11-4-5-12(9-2-3-9)7-8(10)6-11/h8-9H,2-7,10H2,1H3. The number of hydrogen-bond acceptors (Lipinski definition) is 3. The van der Waals surface area contributed by atoms with Crippen LogP contribution in [0.4, 0.5) is 0 Å². The highest BCUT2D eigenvalue weighted by molar-refractivity contribution is 4.88. The van der Waals surface area contributed by atoms with Gasteiger partial charge in [0.15, 0.2) is 0 Å². The van der Waals surface area contributed by atoms with Crippen molar-refractivity contribution in [2.45, 2.75) is 24.9 Å². The van der Waals surface area contributed by atoms with Crippen LogP contribution in [-0.4, -0.2) is 55.1 Å². The smallest absolute Gasteiger partial charge is 0.0297 e. The van der Waals surface area contributed by atoms with Crippen molar-refractivity contribution in [2.75, 3.05) is 33.2 Å². The molecule has 3 nitrogen and oxygen atoms in total. The van der Waals surface area contributed by atoms with Gasteiger partial charge in [-0.3, -0.25) is 4.90 Å². The molecule has 0 aromatic heterocycles. The molecule has 2 aliphatic rings. The van der Waals surface area contributed by atoms with Gasteiger partial charge in [0.05, 0.1) is 0 Å². The van der Waals surface area contributed by atoms with E-state index < -0.39 is 0 Å². The van der Waals surface area contributed by atoms with E-state index in [1.165, 1.54) is 25.9 Å². The van der Waals surface area contributed by atoms with Gasteiger partial charge in [0.1, 0.15) is 0 Å². The van der Waals surface area contributed by atoms with Crippen molar-refractivity contribution < 1.29 is 0 Å². The molecule has 0 amide bonds. The maximum atomic E-state index is 6.00. The normalized spacial score (nSPS) is 35.0. The molecule has 1 atom stereocenters. The molecule has 2 N–H and O–H groups in total. The van der Waals surface area contributed by atoms with Gasteiger partial charge in [-0.05, 0) is 19.9 Å². The zero-order valence-electron chi connectivity index (χ0n) is 7.87. The first-order valence-corrected chi connectivity index (χ1v) is 4.94. The minimum absolute atomic E-state index is 0.359. The van der Waals surface area contributed by atoms with E-state index in [0.29, 0.717) is 6.04 Å². The van der Waals surface area contributed by atoms with Crippen LogP contribution < -0.4 is 5.73 Å². The van der Waals surface area contributed by atoms with E-state index in [0.717, 1.165) is 19.1 Å². The van der Waals surface area contributed by atoms with E-state index in [4.69, 9.17) is 5.73 Å². The van der Waals surface area contributed by atoms with Crippen molar-refractivity contribution in [3.05, 3.63) is 0 Å². The molecule has 1 aliphatic heterocycles. The Morgan fingerprint density at radius 2 is 1.92 bits per heavy atom. The molecule has 1 saturated heterocycles. The monoisotopic (exact) mass is 169 g/mol. The third-order valence-electron chi connectivity index (χ3n) is 2.85. The van der Waals surface area contributed by atoms with E-state index in [9.17, 15) is 0 Å². The van der Waals surface area contributed by atoms with Gasteiger partial charge in [0.2, 0.25) is 0 Å². The maximum Gasteiger partial charge on any atom is 0.0297 e. The number of hydrogen-bond donors (Lipinski definition) is 1. The van der Waals surface area contributed by atoms with E-state index in [2.05, 4.69) is 16.8 Å². The first-order chi connectivity index (χ1) is 5.75. The Morgan fingerprint density at radius 3 is 2.58 bits per heavy atom. The second-order valence-electron chi connectivity index (χ2n) is 4.25. The minimum atomic E-state index is 0.359. The largest absolute Gasteiger partial charge is 0.325 e. The Hall–Kier alpha value is -0.120. The number of nitrogens with two attached hydrogens (primary N) is 1. The summed E-state index contributed by atoms with van der Waals surface area (Å²) in [7, 11) is 2.16. The lowest BCUT2D eigenvalue weighted by Crippen LogP contribution is -2.40. The fourth-order valence-electron chi connectivity index (χ4n) is 2.01. The highest BCUT2D eigenvalue weighted by Crippen LogP contribution is 2.27. The van der Waals surface area contributed by atoms with Gasteiger partial charge in [-0.2, -0.15) is 0 Å². The topological polar surface area (TPSA) is 32.5 Å². The SMILES string of the molecule is CN1CCN(C2CC2)CC(N)C1. The first-order valence-electron chi connectivity index (χ1n) is 4.94. The van der Waals surface area contributed by atoms with Gasteiger partial charge >= 0.3 is 0 Å². The molecule has 0 radical (unpaired) electrons. The maximum absolute atomic E-state index is 6.00. The summed E-state index contributed by atoms with van der Waals surface area (Å²) in [5, 5.41) is 0. The summed E-state index contributed by atoms with van der Waals surface area (Å²) in [5.74, 6) is 0. The summed E-state index contributed by atoms with van der Waals surface area (Å²) in [6, 6.07) is 1.24. The van der Waals surface area contributed by atoms with Crippen LogP contribution in [0.3, 0.4) is 0 Å². The number of rotatable bonds is 1. The van der Waals surface area contributed by atoms with Gasteiger partial charge in [-0.1, -0.05) is 0 Å². The lowest BCUT2D eigenvalue weighted by atomic mass is 10.3. The lowest BCUT2D eigenvalue weighted by Gasteiger charge is -2.20. The Kier molecular flexibility index (Phi) is 2.35. The Balaban J connectivity index is 1.89. The second-order valence-corrected chi connectivity index (χ2v) is 4.25. The fourth-order valence-corrected chi connectivity index (χ4v) is 2.01. The molecule has 2 rings (SSSR count). The van der Waals surface area contributed by atoms with Crippen LogP contribution in [-0.2, 0) is 0 Å². The molecular weight excluding hydrogens is 150 g/mol.